The number of amides is 1. The monoisotopic (exact) mass is 463 g/mol. The van der Waals surface area contributed by atoms with Gasteiger partial charge in [0.15, 0.2) is 0 Å². The summed E-state index contributed by atoms with van der Waals surface area (Å²) in [5.74, 6) is -0.0449. The van der Waals surface area contributed by atoms with E-state index in [9.17, 15) is 18.0 Å². The number of nitrogens with one attached hydrogen (secondary N) is 2. The van der Waals surface area contributed by atoms with Crippen molar-refractivity contribution in [2.24, 2.45) is 0 Å². The summed E-state index contributed by atoms with van der Waals surface area (Å²) in [6, 6.07) is 11.9. The van der Waals surface area contributed by atoms with Crippen LogP contribution in [0.2, 0.25) is 0 Å². The van der Waals surface area contributed by atoms with Crippen LogP contribution in [0.3, 0.4) is 0 Å². The van der Waals surface area contributed by atoms with E-state index in [2.05, 4.69) is 25.6 Å². The first kappa shape index (κ1) is 21.8. The molecule has 0 bridgehead atoms. The number of alkyl halides is 3. The Balaban J connectivity index is 1.40. The van der Waals surface area contributed by atoms with Gasteiger partial charge in [0.05, 0.1) is 23.0 Å². The number of halogens is 3. The van der Waals surface area contributed by atoms with Crippen LogP contribution in [0.4, 0.5) is 24.8 Å². The molecule has 2 aromatic carbocycles. The molecule has 0 atom stereocenters. The average Bonchev–Trinajstić information content (AvgIpc) is 3.63. The lowest BCUT2D eigenvalue weighted by atomic mass is 10.0. The van der Waals surface area contributed by atoms with Crippen LogP contribution in [0.5, 0.6) is 0 Å². The van der Waals surface area contributed by atoms with Crippen LogP contribution in [0, 0.1) is 6.92 Å². The maximum absolute atomic E-state index is 13.0. The molecule has 1 aliphatic rings. The van der Waals surface area contributed by atoms with E-state index in [4.69, 9.17) is 0 Å². The normalized spacial score (nSPS) is 13.6. The van der Waals surface area contributed by atoms with Crippen molar-refractivity contribution in [3.63, 3.8) is 0 Å². The predicted octanol–water partition coefficient (Wildman–Crippen LogP) is 5.85. The first-order valence-electron chi connectivity index (χ1n) is 10.8. The molecule has 0 spiro atoms. The largest absolute Gasteiger partial charge is 0.416 e. The molecule has 2 N–H and O–H groups in total. The van der Waals surface area contributed by atoms with E-state index in [0.717, 1.165) is 41.5 Å². The number of rotatable bonds is 5. The minimum absolute atomic E-state index is 0.0754. The van der Waals surface area contributed by atoms with Crippen molar-refractivity contribution in [1.29, 1.82) is 0 Å². The first-order valence-corrected chi connectivity index (χ1v) is 10.8. The van der Waals surface area contributed by atoms with Crippen molar-refractivity contribution in [2.75, 3.05) is 10.6 Å². The van der Waals surface area contributed by atoms with Crippen molar-refractivity contribution >= 4 is 28.4 Å². The summed E-state index contributed by atoms with van der Waals surface area (Å²) in [7, 11) is 0. The quantitative estimate of drug-likeness (QED) is 0.388. The first-order chi connectivity index (χ1) is 16.3. The molecule has 34 heavy (non-hydrogen) atoms. The molecule has 1 aliphatic carbocycles. The smallest absolute Gasteiger partial charge is 0.351 e. The van der Waals surface area contributed by atoms with Gasteiger partial charge in [-0.2, -0.15) is 13.2 Å². The topological polar surface area (TPSA) is 79.8 Å². The highest BCUT2D eigenvalue weighted by Crippen LogP contribution is 2.31. The molecule has 2 heterocycles. The molecule has 2 aromatic heterocycles. The van der Waals surface area contributed by atoms with E-state index in [0.29, 0.717) is 28.9 Å². The van der Waals surface area contributed by atoms with Crippen LogP contribution in [-0.2, 0) is 6.18 Å². The fraction of sp³-hybridized carbons (Fsp3) is 0.200. The van der Waals surface area contributed by atoms with E-state index >= 15 is 0 Å². The summed E-state index contributed by atoms with van der Waals surface area (Å²) < 4.78 is 39.0. The third kappa shape index (κ3) is 4.68. The lowest BCUT2D eigenvalue weighted by Crippen LogP contribution is -2.14. The summed E-state index contributed by atoms with van der Waals surface area (Å²) in [4.78, 5) is 26.0. The third-order valence-electron chi connectivity index (χ3n) is 5.60. The Morgan fingerprint density at radius 2 is 1.85 bits per heavy atom. The van der Waals surface area contributed by atoms with Crippen molar-refractivity contribution in [2.45, 2.75) is 32.0 Å². The van der Waals surface area contributed by atoms with Crippen LogP contribution in [-0.4, -0.2) is 26.9 Å². The fourth-order valence-electron chi connectivity index (χ4n) is 3.58. The molecule has 1 fully saturated rings. The minimum Gasteiger partial charge on any atom is -0.351 e. The van der Waals surface area contributed by atoms with Crippen molar-refractivity contribution < 1.29 is 18.0 Å². The SMILES string of the molecule is Cc1ccc(NC(=O)c2cccc(C(F)(F)F)c2)cc1-c1cc2cnc(NC3CC3)nc2cn1. The number of carbonyl (C=O) groups is 1. The van der Waals surface area contributed by atoms with E-state index < -0.39 is 17.6 Å². The standard InChI is InChI=1S/C25H20F3N5O/c1-14-5-6-19(31-23(34)15-3-2-4-17(9-15)25(26,27)28)11-20(14)21-10-16-12-30-24(32-18-7-8-18)33-22(16)13-29-21/h2-6,9-13,18H,7-8H2,1H3,(H,31,34)(H,30,32,33). The van der Waals surface area contributed by atoms with Gasteiger partial charge in [0.1, 0.15) is 0 Å². The predicted molar refractivity (Wildman–Crippen MR) is 124 cm³/mol. The maximum Gasteiger partial charge on any atom is 0.416 e. The molecule has 0 aliphatic heterocycles. The van der Waals surface area contributed by atoms with Gasteiger partial charge >= 0.3 is 6.18 Å². The summed E-state index contributed by atoms with van der Waals surface area (Å²) in [5, 5.41) is 6.76. The average molecular weight is 463 g/mol. The number of benzene rings is 2. The molecule has 4 aromatic rings. The van der Waals surface area contributed by atoms with Crippen molar-refractivity contribution in [3.8, 4) is 11.3 Å². The van der Waals surface area contributed by atoms with Gasteiger partial charge in [-0.25, -0.2) is 9.97 Å². The Hall–Kier alpha value is -4.01. The number of fused-ring (bicyclic) bond motifs is 1. The Morgan fingerprint density at radius 1 is 1.03 bits per heavy atom. The lowest BCUT2D eigenvalue weighted by Gasteiger charge is -2.12. The Morgan fingerprint density at radius 3 is 2.62 bits per heavy atom. The highest BCUT2D eigenvalue weighted by molar-refractivity contribution is 6.04. The molecule has 1 amide bonds. The highest BCUT2D eigenvalue weighted by atomic mass is 19.4. The number of hydrogen-bond acceptors (Lipinski definition) is 5. The number of pyridine rings is 1. The number of anilines is 2. The molecule has 0 radical (unpaired) electrons. The number of carbonyl (C=O) groups excluding carboxylic acids is 1. The Bertz CT molecular complexity index is 1400. The second kappa shape index (κ2) is 8.40. The van der Waals surface area contributed by atoms with Crippen LogP contribution in [0.15, 0.2) is 60.9 Å². The van der Waals surface area contributed by atoms with Crippen LogP contribution in [0.1, 0.15) is 34.3 Å². The second-order valence-corrected chi connectivity index (χ2v) is 8.30. The molecule has 1 saturated carbocycles. The second-order valence-electron chi connectivity index (χ2n) is 8.30. The lowest BCUT2D eigenvalue weighted by molar-refractivity contribution is -0.137. The zero-order valence-electron chi connectivity index (χ0n) is 18.1. The van der Waals surface area contributed by atoms with Gasteiger partial charge < -0.3 is 10.6 Å². The van der Waals surface area contributed by atoms with Gasteiger partial charge in [0.25, 0.3) is 5.91 Å². The van der Waals surface area contributed by atoms with Crippen molar-refractivity contribution in [3.05, 3.63) is 77.6 Å². The minimum atomic E-state index is -4.52. The van der Waals surface area contributed by atoms with Crippen molar-refractivity contribution in [1.82, 2.24) is 15.0 Å². The number of aryl methyl sites for hydroxylation is 1. The Kier molecular flexibility index (Phi) is 5.39. The van der Waals surface area contributed by atoms with Gasteiger partial charge in [-0.3, -0.25) is 9.78 Å². The number of hydrogen-bond donors (Lipinski definition) is 2. The zero-order valence-corrected chi connectivity index (χ0v) is 18.1. The number of nitrogens with zero attached hydrogens (tertiary/aromatic N) is 3. The van der Waals surface area contributed by atoms with Crippen LogP contribution < -0.4 is 10.6 Å². The molecule has 0 saturated heterocycles. The molecule has 5 rings (SSSR count). The Labute approximate surface area is 193 Å². The summed E-state index contributed by atoms with van der Waals surface area (Å²) in [6.45, 7) is 1.92. The molecular weight excluding hydrogens is 443 g/mol. The molecule has 0 unspecified atom stereocenters. The summed E-state index contributed by atoms with van der Waals surface area (Å²) in [5.41, 5.74) is 2.60. The molecule has 9 heteroatoms. The third-order valence-corrected chi connectivity index (χ3v) is 5.60. The van der Waals surface area contributed by atoms with E-state index in [-0.39, 0.29) is 5.56 Å². The molecular formula is C25H20F3N5O. The summed E-state index contributed by atoms with van der Waals surface area (Å²) in [6.07, 6.45) is 1.15. The van der Waals surface area contributed by atoms with E-state index in [1.807, 2.05) is 19.1 Å². The van der Waals surface area contributed by atoms with Gasteiger partial charge in [-0.05, 0) is 61.7 Å². The number of aromatic nitrogens is 3. The van der Waals surface area contributed by atoms with Crippen LogP contribution in [0.25, 0.3) is 22.2 Å². The van der Waals surface area contributed by atoms with Crippen LogP contribution >= 0.6 is 0 Å². The van der Waals surface area contributed by atoms with E-state index in [1.165, 1.54) is 12.1 Å². The summed E-state index contributed by atoms with van der Waals surface area (Å²) >= 11 is 0. The zero-order chi connectivity index (χ0) is 23.9. The van der Waals surface area contributed by atoms with Gasteiger partial charge in [0.2, 0.25) is 5.95 Å². The highest BCUT2D eigenvalue weighted by Gasteiger charge is 2.31. The van der Waals surface area contributed by atoms with E-state index in [1.54, 1.807) is 24.5 Å². The van der Waals surface area contributed by atoms with Gasteiger partial charge in [-0.1, -0.05) is 12.1 Å². The van der Waals surface area contributed by atoms with Gasteiger partial charge in [0, 0.05) is 34.4 Å². The fourth-order valence-corrected chi connectivity index (χ4v) is 3.58. The molecule has 172 valence electrons. The molecule has 6 nitrogen and oxygen atoms in total. The van der Waals surface area contributed by atoms with Gasteiger partial charge in [-0.15, -0.1) is 0 Å². The maximum atomic E-state index is 13.0.